The molecule has 4 atom stereocenters. The number of nitrogens with one attached hydrogen (secondary N) is 1. The van der Waals surface area contributed by atoms with Crippen LogP contribution in [-0.2, 0) is 16.1 Å². The highest BCUT2D eigenvalue weighted by Crippen LogP contribution is 2.36. The number of carbonyl (C=O) groups excluding carboxylic acids is 1. The molecule has 5 nitrogen and oxygen atoms in total. The van der Waals surface area contributed by atoms with Crippen LogP contribution in [0.1, 0.15) is 38.2 Å². The number of likely N-dealkylation sites (tertiary alicyclic amines) is 1. The summed E-state index contributed by atoms with van der Waals surface area (Å²) in [5, 5.41) is 12.5. The summed E-state index contributed by atoms with van der Waals surface area (Å²) in [6, 6.07) is 10.5. The van der Waals surface area contributed by atoms with Crippen molar-refractivity contribution >= 4 is 11.9 Å². The molecule has 2 unspecified atom stereocenters. The maximum absolute atomic E-state index is 12.6. The first-order valence-corrected chi connectivity index (χ1v) is 9.32. The van der Waals surface area contributed by atoms with Gasteiger partial charge in [-0.25, -0.2) is 0 Å². The minimum atomic E-state index is -0.834. The highest BCUT2D eigenvalue weighted by molar-refractivity contribution is 5.85. The van der Waals surface area contributed by atoms with Crippen LogP contribution in [0.25, 0.3) is 0 Å². The van der Waals surface area contributed by atoms with Gasteiger partial charge < -0.3 is 10.4 Å². The van der Waals surface area contributed by atoms with Gasteiger partial charge in [0.15, 0.2) is 0 Å². The molecule has 1 aromatic carbocycles. The maximum Gasteiger partial charge on any atom is 0.307 e. The molecule has 2 aliphatic rings. The smallest absolute Gasteiger partial charge is 0.307 e. The Labute approximate surface area is 149 Å². The molecule has 2 fully saturated rings. The van der Waals surface area contributed by atoms with Crippen molar-refractivity contribution in [1.29, 1.82) is 0 Å². The molecule has 1 aliphatic heterocycles. The number of carboxylic acids is 1. The molecule has 2 N–H and O–H groups in total. The van der Waals surface area contributed by atoms with Crippen molar-refractivity contribution in [2.45, 2.75) is 45.2 Å². The van der Waals surface area contributed by atoms with Gasteiger partial charge in [-0.1, -0.05) is 37.3 Å². The second-order valence-electron chi connectivity index (χ2n) is 7.70. The second-order valence-corrected chi connectivity index (χ2v) is 7.70. The Morgan fingerprint density at radius 3 is 2.64 bits per heavy atom. The maximum atomic E-state index is 12.6. The Morgan fingerprint density at radius 2 is 1.92 bits per heavy atom. The number of hydrogen-bond acceptors (Lipinski definition) is 3. The van der Waals surface area contributed by atoms with E-state index in [-0.39, 0.29) is 17.9 Å². The zero-order valence-electron chi connectivity index (χ0n) is 14.9. The van der Waals surface area contributed by atoms with Gasteiger partial charge in [0.05, 0.1) is 11.8 Å². The monoisotopic (exact) mass is 344 g/mol. The standard InChI is InChI=1S/C20H28N2O3/c1-14-10-17(18(11-14)20(24)25)19(23)21-16-8-5-9-22(13-16)12-15-6-3-2-4-7-15/h2-4,6-7,14,16-18H,5,8-13H2,1H3,(H,21,23)(H,24,25)/t14?,16?,17-,18+/m0/s1. The first-order valence-electron chi connectivity index (χ1n) is 9.32. The Morgan fingerprint density at radius 1 is 1.20 bits per heavy atom. The van der Waals surface area contributed by atoms with Gasteiger partial charge in [0, 0.05) is 19.1 Å². The number of nitrogens with zero attached hydrogens (tertiary/aromatic N) is 1. The quantitative estimate of drug-likeness (QED) is 0.861. The van der Waals surface area contributed by atoms with Crippen LogP contribution in [0.2, 0.25) is 0 Å². The average molecular weight is 344 g/mol. The third-order valence-electron chi connectivity index (χ3n) is 5.55. The average Bonchev–Trinajstić information content (AvgIpc) is 2.98. The zero-order chi connectivity index (χ0) is 17.8. The van der Waals surface area contributed by atoms with Crippen LogP contribution in [0, 0.1) is 17.8 Å². The van der Waals surface area contributed by atoms with Crippen LogP contribution in [0.5, 0.6) is 0 Å². The van der Waals surface area contributed by atoms with E-state index in [1.165, 1.54) is 5.56 Å². The highest BCUT2D eigenvalue weighted by Gasteiger charge is 2.41. The van der Waals surface area contributed by atoms with Crippen LogP contribution < -0.4 is 5.32 Å². The molecule has 1 aliphatic carbocycles. The Bertz CT molecular complexity index is 604. The molecule has 5 heteroatoms. The summed E-state index contributed by atoms with van der Waals surface area (Å²) in [5.74, 6) is -1.50. The molecule has 0 aromatic heterocycles. The van der Waals surface area contributed by atoms with Crippen LogP contribution in [-0.4, -0.2) is 41.0 Å². The summed E-state index contributed by atoms with van der Waals surface area (Å²) in [7, 11) is 0. The van der Waals surface area contributed by atoms with Crippen molar-refractivity contribution in [1.82, 2.24) is 10.2 Å². The molecule has 1 aromatic rings. The van der Waals surface area contributed by atoms with Crippen LogP contribution in [0.15, 0.2) is 30.3 Å². The van der Waals surface area contributed by atoms with Gasteiger partial charge in [0.1, 0.15) is 0 Å². The van der Waals surface area contributed by atoms with Crippen LogP contribution >= 0.6 is 0 Å². The third kappa shape index (κ3) is 4.60. The number of amides is 1. The fourth-order valence-electron chi connectivity index (χ4n) is 4.32. The van der Waals surface area contributed by atoms with Crippen molar-refractivity contribution in [2.75, 3.05) is 13.1 Å². The van der Waals surface area contributed by atoms with Gasteiger partial charge in [0.25, 0.3) is 0 Å². The SMILES string of the molecule is CC1C[C@H](C(=O)NC2CCCN(Cc3ccccc3)C2)[C@H](C(=O)O)C1. The number of benzene rings is 1. The van der Waals surface area contributed by atoms with E-state index >= 15 is 0 Å². The highest BCUT2D eigenvalue weighted by atomic mass is 16.4. The van der Waals surface area contributed by atoms with Crippen molar-refractivity contribution in [3.8, 4) is 0 Å². The van der Waals surface area contributed by atoms with Crippen LogP contribution in [0.3, 0.4) is 0 Å². The third-order valence-corrected chi connectivity index (χ3v) is 5.55. The summed E-state index contributed by atoms with van der Waals surface area (Å²) in [6.07, 6.45) is 3.32. The van der Waals surface area contributed by atoms with E-state index in [9.17, 15) is 14.7 Å². The lowest BCUT2D eigenvalue weighted by Gasteiger charge is -2.34. The normalized spacial score (nSPS) is 30.1. The molecular formula is C20H28N2O3. The van der Waals surface area contributed by atoms with E-state index in [0.717, 1.165) is 32.5 Å². The number of piperidine rings is 1. The van der Waals surface area contributed by atoms with E-state index in [1.807, 2.05) is 25.1 Å². The second kappa shape index (κ2) is 8.00. The molecule has 0 spiro atoms. The number of hydrogen-bond donors (Lipinski definition) is 2. The molecule has 1 amide bonds. The van der Waals surface area contributed by atoms with E-state index in [1.54, 1.807) is 0 Å². The molecule has 1 heterocycles. The van der Waals surface area contributed by atoms with Crippen LogP contribution in [0.4, 0.5) is 0 Å². The Balaban J connectivity index is 1.55. The van der Waals surface area contributed by atoms with E-state index in [4.69, 9.17) is 0 Å². The minimum absolute atomic E-state index is 0.0664. The largest absolute Gasteiger partial charge is 0.481 e. The van der Waals surface area contributed by atoms with Gasteiger partial charge >= 0.3 is 5.97 Å². The van der Waals surface area contributed by atoms with Crippen molar-refractivity contribution < 1.29 is 14.7 Å². The Hall–Kier alpha value is -1.88. The van der Waals surface area contributed by atoms with Gasteiger partial charge in [0.2, 0.25) is 5.91 Å². The molecule has 25 heavy (non-hydrogen) atoms. The summed E-state index contributed by atoms with van der Waals surface area (Å²) in [5.41, 5.74) is 1.28. The molecule has 0 radical (unpaired) electrons. The molecule has 136 valence electrons. The fourth-order valence-corrected chi connectivity index (χ4v) is 4.32. The van der Waals surface area contributed by atoms with Gasteiger partial charge in [-0.3, -0.25) is 14.5 Å². The lowest BCUT2D eigenvalue weighted by molar-refractivity contribution is -0.146. The summed E-state index contributed by atoms with van der Waals surface area (Å²) < 4.78 is 0. The lowest BCUT2D eigenvalue weighted by Crippen LogP contribution is -2.49. The summed E-state index contributed by atoms with van der Waals surface area (Å²) in [6.45, 7) is 4.80. The molecule has 3 rings (SSSR count). The lowest BCUT2D eigenvalue weighted by atomic mass is 9.94. The molecule has 1 saturated heterocycles. The van der Waals surface area contributed by atoms with Gasteiger partial charge in [-0.2, -0.15) is 0 Å². The van der Waals surface area contributed by atoms with E-state index in [0.29, 0.717) is 18.8 Å². The first kappa shape index (κ1) is 17.9. The molecular weight excluding hydrogens is 316 g/mol. The van der Waals surface area contributed by atoms with Gasteiger partial charge in [-0.05, 0) is 43.7 Å². The van der Waals surface area contributed by atoms with E-state index in [2.05, 4.69) is 22.3 Å². The first-order chi connectivity index (χ1) is 12.0. The summed E-state index contributed by atoms with van der Waals surface area (Å²) in [4.78, 5) is 26.4. The van der Waals surface area contributed by atoms with Crippen molar-refractivity contribution in [2.24, 2.45) is 17.8 Å². The Kier molecular flexibility index (Phi) is 5.74. The zero-order valence-corrected chi connectivity index (χ0v) is 14.9. The topological polar surface area (TPSA) is 69.6 Å². The van der Waals surface area contributed by atoms with Crippen molar-refractivity contribution in [3.05, 3.63) is 35.9 Å². The summed E-state index contributed by atoms with van der Waals surface area (Å²) >= 11 is 0. The van der Waals surface area contributed by atoms with Crippen molar-refractivity contribution in [3.63, 3.8) is 0 Å². The number of rotatable bonds is 5. The molecule has 0 bridgehead atoms. The minimum Gasteiger partial charge on any atom is -0.481 e. The van der Waals surface area contributed by atoms with Gasteiger partial charge in [-0.15, -0.1) is 0 Å². The van der Waals surface area contributed by atoms with E-state index < -0.39 is 11.9 Å². The predicted molar refractivity (Wildman–Crippen MR) is 95.9 cm³/mol. The molecule has 1 saturated carbocycles. The number of carboxylic acid groups (broad SMARTS) is 1. The number of aliphatic carboxylic acids is 1. The predicted octanol–water partition coefficient (Wildman–Crippen LogP) is 2.51. The fraction of sp³-hybridized carbons (Fsp3) is 0.600. The number of carbonyl (C=O) groups is 2.